The number of carboxylic acid groups (broad SMARTS) is 1. The van der Waals surface area contributed by atoms with Gasteiger partial charge in [0, 0.05) is 60.0 Å². The van der Waals surface area contributed by atoms with Gasteiger partial charge in [0.15, 0.2) is 0 Å². The van der Waals surface area contributed by atoms with Crippen LogP contribution in [-0.2, 0) is 0 Å². The van der Waals surface area contributed by atoms with E-state index in [-0.39, 0.29) is 61.4 Å². The van der Waals surface area contributed by atoms with Gasteiger partial charge in [-0.15, -0.1) is 12.4 Å². The third-order valence-electron chi connectivity index (χ3n) is 7.76. The molecule has 0 heterocycles. The van der Waals surface area contributed by atoms with Crippen LogP contribution in [0.15, 0.2) is 109 Å². The molecule has 0 spiro atoms. The fourth-order valence-electron chi connectivity index (χ4n) is 4.95. The zero-order valence-electron chi connectivity index (χ0n) is 27.1. The molecule has 5 nitrogen and oxygen atoms in total. The summed E-state index contributed by atoms with van der Waals surface area (Å²) in [5, 5.41) is 11.5. The largest absolute Gasteiger partial charge is 0.478 e. The Labute approximate surface area is 295 Å². The molecule has 0 aliphatic heterocycles. The van der Waals surface area contributed by atoms with Gasteiger partial charge in [0.05, 0.1) is 5.56 Å². The fraction of sp³-hybridized carbons (Fsp3) is 0.250. The fourth-order valence-corrected chi connectivity index (χ4v) is 4.95. The molecule has 0 bridgehead atoms. The van der Waals surface area contributed by atoms with Gasteiger partial charge in [0.2, 0.25) is 11.8 Å². The summed E-state index contributed by atoms with van der Waals surface area (Å²) in [5.74, 6) is 5.95. The SMILES string of the molecule is Cl.NCC1CC(F)(F)C1.O=C(NCC1CC(F)(F)C1)c1ccc(C#Cc2ccccc2)cc1.O=C(O)c1ccc(C#Cc2ccccc2)cc1. The van der Waals surface area contributed by atoms with E-state index in [9.17, 15) is 27.2 Å². The summed E-state index contributed by atoms with van der Waals surface area (Å²) in [6.45, 7) is 0.708. The van der Waals surface area contributed by atoms with Crippen molar-refractivity contribution in [3.8, 4) is 23.7 Å². The van der Waals surface area contributed by atoms with E-state index < -0.39 is 17.8 Å². The van der Waals surface area contributed by atoms with Gasteiger partial charge in [0.25, 0.3) is 5.91 Å². The van der Waals surface area contributed by atoms with Crippen molar-refractivity contribution in [2.24, 2.45) is 17.6 Å². The second kappa shape index (κ2) is 18.6. The Kier molecular flexibility index (Phi) is 14.6. The first-order valence-corrected chi connectivity index (χ1v) is 15.7. The van der Waals surface area contributed by atoms with Crippen LogP contribution in [0.5, 0.6) is 0 Å². The van der Waals surface area contributed by atoms with Crippen LogP contribution in [0.4, 0.5) is 17.6 Å². The predicted octanol–water partition coefficient (Wildman–Crippen LogP) is 8.06. The second-order valence-corrected chi connectivity index (χ2v) is 11.9. The van der Waals surface area contributed by atoms with Crippen molar-refractivity contribution in [3.63, 3.8) is 0 Å². The summed E-state index contributed by atoms with van der Waals surface area (Å²) < 4.78 is 49.3. The van der Waals surface area contributed by atoms with Gasteiger partial charge < -0.3 is 16.2 Å². The van der Waals surface area contributed by atoms with Crippen molar-refractivity contribution >= 4 is 24.3 Å². The predicted molar refractivity (Wildman–Crippen MR) is 189 cm³/mol. The Morgan fingerprint density at radius 2 is 0.980 bits per heavy atom. The van der Waals surface area contributed by atoms with Gasteiger partial charge in [-0.1, -0.05) is 60.1 Å². The van der Waals surface area contributed by atoms with Crippen molar-refractivity contribution < 1.29 is 32.3 Å². The Morgan fingerprint density at radius 3 is 1.32 bits per heavy atom. The average molecular weight is 705 g/mol. The summed E-state index contributed by atoms with van der Waals surface area (Å²) >= 11 is 0. The minimum Gasteiger partial charge on any atom is -0.478 e. The molecule has 0 saturated heterocycles. The molecule has 2 aliphatic rings. The summed E-state index contributed by atoms with van der Waals surface area (Å²) in [4.78, 5) is 22.7. The highest BCUT2D eigenvalue weighted by molar-refractivity contribution is 5.94. The number of hydrogen-bond acceptors (Lipinski definition) is 3. The molecule has 2 saturated carbocycles. The van der Waals surface area contributed by atoms with Crippen molar-refractivity contribution in [2.45, 2.75) is 37.5 Å². The van der Waals surface area contributed by atoms with Crippen LogP contribution < -0.4 is 11.1 Å². The highest BCUT2D eigenvalue weighted by Gasteiger charge is 2.45. The van der Waals surface area contributed by atoms with Crippen molar-refractivity contribution in [1.82, 2.24) is 5.32 Å². The molecule has 0 aromatic heterocycles. The smallest absolute Gasteiger partial charge is 0.335 e. The van der Waals surface area contributed by atoms with Crippen LogP contribution in [0.2, 0.25) is 0 Å². The number of carbonyl (C=O) groups is 2. The maximum Gasteiger partial charge on any atom is 0.335 e. The third kappa shape index (κ3) is 13.1. The number of carbonyl (C=O) groups excluding carboxylic acids is 1. The van der Waals surface area contributed by atoms with E-state index in [0.29, 0.717) is 18.7 Å². The first-order valence-electron chi connectivity index (χ1n) is 15.7. The van der Waals surface area contributed by atoms with Crippen LogP contribution in [0.1, 0.15) is 68.7 Å². The number of carboxylic acids is 1. The molecule has 260 valence electrons. The average Bonchev–Trinajstić information content (AvgIpc) is 3.08. The summed E-state index contributed by atoms with van der Waals surface area (Å²) in [7, 11) is 0. The number of alkyl halides is 4. The molecule has 1 amide bonds. The Balaban J connectivity index is 0.000000226. The zero-order chi connectivity index (χ0) is 35.3. The lowest BCUT2D eigenvalue weighted by Gasteiger charge is -2.34. The molecule has 6 rings (SSSR count). The number of rotatable bonds is 5. The molecule has 0 radical (unpaired) electrons. The van der Waals surface area contributed by atoms with Crippen molar-refractivity contribution in [1.29, 1.82) is 0 Å². The van der Waals surface area contributed by atoms with E-state index in [1.54, 1.807) is 48.5 Å². The lowest BCUT2D eigenvalue weighted by molar-refractivity contribution is -0.108. The van der Waals surface area contributed by atoms with E-state index in [1.807, 2.05) is 60.7 Å². The van der Waals surface area contributed by atoms with Gasteiger partial charge in [-0.2, -0.15) is 0 Å². The number of halogens is 5. The molecule has 4 aromatic carbocycles. The van der Waals surface area contributed by atoms with Gasteiger partial charge in [0.1, 0.15) is 0 Å². The Morgan fingerprint density at radius 1 is 0.620 bits per heavy atom. The number of nitrogens with one attached hydrogen (secondary N) is 1. The van der Waals surface area contributed by atoms with Crippen LogP contribution in [0.25, 0.3) is 0 Å². The van der Waals surface area contributed by atoms with Crippen LogP contribution in [0, 0.1) is 35.5 Å². The standard InChI is InChI=1S/C20H17F2NO.C15H10O2.C5H9F2N.ClH/c21-20(22)12-17(13-20)14-23-19(24)18-10-8-16(9-11-18)7-6-15-4-2-1-3-5-15;16-15(17)14-10-8-13(9-11-14)7-6-12-4-2-1-3-5-12;6-5(7)1-4(2-5)3-8;/h1-5,8-11,17H,12-14H2,(H,23,24);1-5,8-11H,(H,16,17);4H,1-3,8H2;1H. The zero-order valence-corrected chi connectivity index (χ0v) is 27.9. The minimum absolute atomic E-state index is 0. The van der Waals surface area contributed by atoms with Crippen molar-refractivity contribution in [2.75, 3.05) is 13.1 Å². The maximum absolute atomic E-state index is 12.7. The Hall–Kier alpha value is -5.09. The summed E-state index contributed by atoms with van der Waals surface area (Å²) in [6, 6.07) is 32.8. The minimum atomic E-state index is -2.55. The molecule has 2 fully saturated rings. The Bertz CT molecular complexity index is 1800. The second-order valence-electron chi connectivity index (χ2n) is 11.9. The summed E-state index contributed by atoms with van der Waals surface area (Å²) in [5.41, 5.74) is 9.39. The summed E-state index contributed by atoms with van der Waals surface area (Å²) in [6.07, 6.45) is -0.268. The van der Waals surface area contributed by atoms with Gasteiger partial charge in [-0.05, 0) is 91.2 Å². The number of aromatic carboxylic acids is 1. The topological polar surface area (TPSA) is 92.4 Å². The molecular formula is C40H37ClF4N2O3. The monoisotopic (exact) mass is 704 g/mol. The van der Waals surface area contributed by atoms with Gasteiger partial charge in [-0.25, -0.2) is 22.4 Å². The maximum atomic E-state index is 12.7. The van der Waals surface area contributed by atoms with Gasteiger partial charge in [-0.3, -0.25) is 4.79 Å². The number of nitrogens with two attached hydrogens (primary N) is 1. The first-order chi connectivity index (χ1) is 23.4. The number of amides is 1. The third-order valence-corrected chi connectivity index (χ3v) is 7.76. The van der Waals surface area contributed by atoms with Gasteiger partial charge >= 0.3 is 5.97 Å². The molecule has 4 aromatic rings. The van der Waals surface area contributed by atoms with Crippen LogP contribution in [0.3, 0.4) is 0 Å². The highest BCUT2D eigenvalue weighted by atomic mass is 35.5. The van der Waals surface area contributed by atoms with E-state index in [2.05, 4.69) is 29.0 Å². The molecule has 2 aliphatic carbocycles. The van der Waals surface area contributed by atoms with Crippen molar-refractivity contribution in [3.05, 3.63) is 143 Å². The molecule has 0 unspecified atom stereocenters. The van der Waals surface area contributed by atoms with E-state index in [0.717, 1.165) is 22.3 Å². The van der Waals surface area contributed by atoms with Crippen LogP contribution >= 0.6 is 12.4 Å². The molecule has 50 heavy (non-hydrogen) atoms. The highest BCUT2D eigenvalue weighted by Crippen LogP contribution is 2.42. The quantitative estimate of drug-likeness (QED) is 0.145. The first kappa shape index (κ1) is 39.3. The molecule has 4 N–H and O–H groups in total. The number of benzene rings is 4. The van der Waals surface area contributed by atoms with Crippen LogP contribution in [-0.4, -0.2) is 41.9 Å². The van der Waals surface area contributed by atoms with E-state index in [1.165, 1.54) is 0 Å². The number of hydrogen-bond donors (Lipinski definition) is 3. The lowest BCUT2D eigenvalue weighted by atomic mass is 9.81. The normalized spacial score (nSPS) is 15.1. The molecule has 10 heteroatoms. The van der Waals surface area contributed by atoms with E-state index in [4.69, 9.17) is 10.8 Å². The lowest BCUT2D eigenvalue weighted by Crippen LogP contribution is -2.42. The van der Waals surface area contributed by atoms with E-state index >= 15 is 0 Å². The molecular weight excluding hydrogens is 668 g/mol. The molecule has 0 atom stereocenters.